The zero-order valence-corrected chi connectivity index (χ0v) is 13.4. The minimum Gasteiger partial charge on any atom is -0.496 e. The molecule has 1 saturated carbocycles. The van der Waals surface area contributed by atoms with E-state index in [-0.39, 0.29) is 10.6 Å². The van der Waals surface area contributed by atoms with Crippen molar-refractivity contribution in [1.82, 2.24) is 0 Å². The molecule has 0 amide bonds. The number of ether oxygens (including phenoxy) is 1. The Morgan fingerprint density at radius 1 is 1.45 bits per heavy atom. The molecule has 1 aromatic carbocycles. The summed E-state index contributed by atoms with van der Waals surface area (Å²) in [6.07, 6.45) is 4.40. The van der Waals surface area contributed by atoms with Gasteiger partial charge in [0.15, 0.2) is 0 Å². The minimum atomic E-state index is -0.349. The Balaban J connectivity index is 2.22. The van der Waals surface area contributed by atoms with E-state index in [1.54, 1.807) is 19.2 Å². The molecule has 0 N–H and O–H groups in total. The van der Waals surface area contributed by atoms with Gasteiger partial charge in [-0.1, -0.05) is 22.9 Å². The third-order valence-electron chi connectivity index (χ3n) is 4.11. The summed E-state index contributed by atoms with van der Waals surface area (Å²) < 4.78 is 5.35. The SMILES string of the molecule is COc1ccc([N+](=O)[O-])cc1CC1CC(C)CCC1Br. The van der Waals surface area contributed by atoms with E-state index in [0.717, 1.165) is 30.1 Å². The molecule has 5 heteroatoms. The van der Waals surface area contributed by atoms with Crippen molar-refractivity contribution in [1.29, 1.82) is 0 Å². The largest absolute Gasteiger partial charge is 0.496 e. The molecule has 0 spiro atoms. The maximum Gasteiger partial charge on any atom is 0.269 e. The monoisotopic (exact) mass is 341 g/mol. The summed E-state index contributed by atoms with van der Waals surface area (Å²) in [6.45, 7) is 2.27. The normalized spacial score (nSPS) is 26.2. The molecule has 1 aliphatic carbocycles. The summed E-state index contributed by atoms with van der Waals surface area (Å²) in [7, 11) is 1.61. The highest BCUT2D eigenvalue weighted by Crippen LogP contribution is 2.37. The lowest BCUT2D eigenvalue weighted by Crippen LogP contribution is -2.25. The van der Waals surface area contributed by atoms with E-state index in [0.29, 0.717) is 10.7 Å². The van der Waals surface area contributed by atoms with Gasteiger partial charge in [-0.05, 0) is 43.6 Å². The van der Waals surface area contributed by atoms with E-state index >= 15 is 0 Å². The molecule has 0 radical (unpaired) electrons. The zero-order chi connectivity index (χ0) is 14.7. The Morgan fingerprint density at radius 2 is 2.20 bits per heavy atom. The summed E-state index contributed by atoms with van der Waals surface area (Å²) in [5, 5.41) is 10.9. The smallest absolute Gasteiger partial charge is 0.269 e. The lowest BCUT2D eigenvalue weighted by molar-refractivity contribution is -0.384. The Hall–Kier alpha value is -1.10. The van der Waals surface area contributed by atoms with Crippen LogP contribution in [0.15, 0.2) is 18.2 Å². The maximum atomic E-state index is 10.9. The summed E-state index contributed by atoms with van der Waals surface area (Å²) >= 11 is 3.76. The van der Waals surface area contributed by atoms with Crippen LogP contribution in [0.2, 0.25) is 0 Å². The molecule has 3 atom stereocenters. The van der Waals surface area contributed by atoms with Crippen molar-refractivity contribution in [3.63, 3.8) is 0 Å². The van der Waals surface area contributed by atoms with Gasteiger partial charge in [0.25, 0.3) is 5.69 Å². The molecular weight excluding hydrogens is 322 g/mol. The molecule has 2 rings (SSSR count). The van der Waals surface area contributed by atoms with Crippen molar-refractivity contribution in [3.8, 4) is 5.75 Å². The molecule has 20 heavy (non-hydrogen) atoms. The van der Waals surface area contributed by atoms with Gasteiger partial charge >= 0.3 is 0 Å². The number of hydrogen-bond donors (Lipinski definition) is 0. The second-order valence-electron chi connectivity index (χ2n) is 5.65. The van der Waals surface area contributed by atoms with E-state index in [2.05, 4.69) is 22.9 Å². The van der Waals surface area contributed by atoms with Crippen LogP contribution in [-0.4, -0.2) is 16.9 Å². The van der Waals surface area contributed by atoms with Gasteiger partial charge in [0.05, 0.1) is 12.0 Å². The number of non-ortho nitro benzene ring substituents is 1. The number of alkyl halides is 1. The lowest BCUT2D eigenvalue weighted by Gasteiger charge is -2.31. The second kappa shape index (κ2) is 6.57. The van der Waals surface area contributed by atoms with Crippen LogP contribution in [0.4, 0.5) is 5.69 Å². The number of nitro benzene ring substituents is 1. The molecule has 0 heterocycles. The predicted octanol–water partition coefficient (Wildman–Crippen LogP) is 4.35. The summed E-state index contributed by atoms with van der Waals surface area (Å²) in [4.78, 5) is 11.1. The van der Waals surface area contributed by atoms with Crippen molar-refractivity contribution in [2.24, 2.45) is 11.8 Å². The standard InChI is InChI=1S/C15H20BrNO3/c1-10-3-5-14(16)11(7-10)8-12-9-13(17(18)19)4-6-15(12)20-2/h4,6,9-11,14H,3,5,7-8H2,1-2H3. The van der Waals surface area contributed by atoms with Crippen LogP contribution in [0.3, 0.4) is 0 Å². The van der Waals surface area contributed by atoms with Gasteiger partial charge in [-0.15, -0.1) is 0 Å². The van der Waals surface area contributed by atoms with Gasteiger partial charge in [-0.2, -0.15) is 0 Å². The number of halogens is 1. The van der Waals surface area contributed by atoms with Crippen LogP contribution in [0.1, 0.15) is 31.7 Å². The van der Waals surface area contributed by atoms with Crippen LogP contribution < -0.4 is 4.74 Å². The van der Waals surface area contributed by atoms with Crippen molar-refractivity contribution < 1.29 is 9.66 Å². The van der Waals surface area contributed by atoms with E-state index in [1.807, 2.05) is 0 Å². The van der Waals surface area contributed by atoms with Crippen molar-refractivity contribution >= 4 is 21.6 Å². The molecule has 0 aromatic heterocycles. The molecule has 0 saturated heterocycles. The highest BCUT2D eigenvalue weighted by atomic mass is 79.9. The first-order chi connectivity index (χ1) is 9.51. The molecule has 4 nitrogen and oxygen atoms in total. The predicted molar refractivity (Wildman–Crippen MR) is 82.6 cm³/mol. The first kappa shape index (κ1) is 15.3. The maximum absolute atomic E-state index is 10.9. The molecule has 1 fully saturated rings. The zero-order valence-electron chi connectivity index (χ0n) is 11.8. The van der Waals surface area contributed by atoms with Crippen molar-refractivity contribution in [2.45, 2.75) is 37.4 Å². The van der Waals surface area contributed by atoms with Gasteiger partial charge in [0.1, 0.15) is 5.75 Å². The first-order valence-electron chi connectivity index (χ1n) is 6.96. The number of benzene rings is 1. The van der Waals surface area contributed by atoms with Crippen molar-refractivity contribution in [2.75, 3.05) is 7.11 Å². The van der Waals surface area contributed by atoms with E-state index in [4.69, 9.17) is 4.74 Å². The van der Waals surface area contributed by atoms with E-state index in [9.17, 15) is 10.1 Å². The van der Waals surface area contributed by atoms with Crippen LogP contribution in [0.25, 0.3) is 0 Å². The Labute approximate surface area is 127 Å². The summed E-state index contributed by atoms with van der Waals surface area (Å²) in [5.74, 6) is 1.97. The fraction of sp³-hybridized carbons (Fsp3) is 0.600. The van der Waals surface area contributed by atoms with E-state index in [1.165, 1.54) is 18.9 Å². The second-order valence-corrected chi connectivity index (χ2v) is 6.83. The summed E-state index contributed by atoms with van der Waals surface area (Å²) in [6, 6.07) is 4.85. The molecule has 3 unspecified atom stereocenters. The molecule has 0 aliphatic heterocycles. The average Bonchev–Trinajstić information content (AvgIpc) is 2.42. The minimum absolute atomic E-state index is 0.135. The van der Waals surface area contributed by atoms with Crippen LogP contribution in [-0.2, 0) is 6.42 Å². The Morgan fingerprint density at radius 3 is 2.85 bits per heavy atom. The Bertz CT molecular complexity index is 492. The van der Waals surface area contributed by atoms with E-state index < -0.39 is 0 Å². The third kappa shape index (κ3) is 3.51. The van der Waals surface area contributed by atoms with Crippen LogP contribution in [0, 0.1) is 22.0 Å². The number of nitro groups is 1. The number of hydrogen-bond acceptors (Lipinski definition) is 3. The third-order valence-corrected chi connectivity index (χ3v) is 5.31. The molecule has 1 aromatic rings. The van der Waals surface area contributed by atoms with Crippen LogP contribution in [0.5, 0.6) is 5.75 Å². The highest BCUT2D eigenvalue weighted by Gasteiger charge is 2.28. The highest BCUT2D eigenvalue weighted by molar-refractivity contribution is 9.09. The molecular formula is C15H20BrNO3. The van der Waals surface area contributed by atoms with Gasteiger partial charge in [-0.25, -0.2) is 0 Å². The molecule has 110 valence electrons. The quantitative estimate of drug-likeness (QED) is 0.464. The number of nitrogens with zero attached hydrogens (tertiary/aromatic N) is 1. The average molecular weight is 342 g/mol. The topological polar surface area (TPSA) is 52.4 Å². The van der Waals surface area contributed by atoms with Crippen molar-refractivity contribution in [3.05, 3.63) is 33.9 Å². The number of methoxy groups -OCH3 is 1. The summed E-state index contributed by atoms with van der Waals surface area (Å²) in [5.41, 5.74) is 1.07. The lowest BCUT2D eigenvalue weighted by atomic mass is 9.79. The fourth-order valence-corrected chi connectivity index (χ4v) is 3.66. The first-order valence-corrected chi connectivity index (χ1v) is 7.88. The van der Waals surface area contributed by atoms with Crippen LogP contribution >= 0.6 is 15.9 Å². The Kier molecular flexibility index (Phi) is 5.02. The molecule has 0 bridgehead atoms. The van der Waals surface area contributed by atoms with Gasteiger partial charge in [-0.3, -0.25) is 10.1 Å². The van der Waals surface area contributed by atoms with Gasteiger partial charge < -0.3 is 4.74 Å². The fourth-order valence-electron chi connectivity index (χ4n) is 2.99. The molecule has 1 aliphatic rings. The number of rotatable bonds is 4. The van der Waals surface area contributed by atoms with Gasteiger partial charge in [0, 0.05) is 22.5 Å². The van der Waals surface area contributed by atoms with Gasteiger partial charge in [0.2, 0.25) is 0 Å².